The highest BCUT2D eigenvalue weighted by atomic mass is 16.2. The third-order valence-electron chi connectivity index (χ3n) is 3.82. The van der Waals surface area contributed by atoms with E-state index in [9.17, 15) is 4.79 Å². The largest absolute Gasteiger partial charge is 0.335 e. The maximum absolute atomic E-state index is 12.2. The summed E-state index contributed by atoms with van der Waals surface area (Å²) in [6.45, 7) is 7.41. The highest BCUT2D eigenvalue weighted by Gasteiger charge is 2.26. The molecule has 0 aliphatic carbocycles. The summed E-state index contributed by atoms with van der Waals surface area (Å²) < 4.78 is 0. The van der Waals surface area contributed by atoms with E-state index in [2.05, 4.69) is 31.0 Å². The molecule has 0 bridgehead atoms. The summed E-state index contributed by atoms with van der Waals surface area (Å²) in [4.78, 5) is 14.3. The van der Waals surface area contributed by atoms with Crippen molar-refractivity contribution in [3.63, 3.8) is 0 Å². The third-order valence-corrected chi connectivity index (χ3v) is 3.82. The van der Waals surface area contributed by atoms with Gasteiger partial charge in [-0.05, 0) is 38.5 Å². The van der Waals surface area contributed by atoms with Crippen LogP contribution in [0.1, 0.15) is 65.7 Å². The Morgan fingerprint density at radius 2 is 2.00 bits per heavy atom. The van der Waals surface area contributed by atoms with E-state index in [-0.39, 0.29) is 6.03 Å². The summed E-state index contributed by atoms with van der Waals surface area (Å²) in [5, 5.41) is 3.16. The number of carbonyl (C=O) groups is 1. The van der Waals surface area contributed by atoms with Gasteiger partial charge in [-0.3, -0.25) is 0 Å². The maximum Gasteiger partial charge on any atom is 0.317 e. The van der Waals surface area contributed by atoms with E-state index in [1.54, 1.807) is 0 Å². The van der Waals surface area contributed by atoms with E-state index in [1.807, 2.05) is 0 Å². The summed E-state index contributed by atoms with van der Waals surface area (Å²) in [5.74, 6) is 0. The minimum atomic E-state index is 0.164. The van der Waals surface area contributed by atoms with Gasteiger partial charge in [0, 0.05) is 18.6 Å². The first-order chi connectivity index (χ1) is 8.22. The number of hydrogen-bond donors (Lipinski definition) is 1. The van der Waals surface area contributed by atoms with Gasteiger partial charge in [-0.25, -0.2) is 4.79 Å². The number of urea groups is 1. The molecule has 1 N–H and O–H groups in total. The van der Waals surface area contributed by atoms with Crippen LogP contribution in [0.25, 0.3) is 0 Å². The van der Waals surface area contributed by atoms with E-state index in [0.29, 0.717) is 12.1 Å². The Kier molecular flexibility index (Phi) is 6.38. The molecule has 1 rings (SSSR count). The summed E-state index contributed by atoms with van der Waals surface area (Å²) in [6.07, 6.45) is 7.99. The lowest BCUT2D eigenvalue weighted by Gasteiger charge is -2.36. The Morgan fingerprint density at radius 1 is 1.29 bits per heavy atom. The molecule has 3 heteroatoms. The molecule has 0 saturated carbocycles. The van der Waals surface area contributed by atoms with E-state index < -0.39 is 0 Å². The highest BCUT2D eigenvalue weighted by molar-refractivity contribution is 5.75. The number of amides is 2. The molecule has 0 radical (unpaired) electrons. The van der Waals surface area contributed by atoms with Gasteiger partial charge >= 0.3 is 6.03 Å². The zero-order chi connectivity index (χ0) is 12.7. The summed E-state index contributed by atoms with van der Waals surface area (Å²) in [5.41, 5.74) is 0. The second-order valence-corrected chi connectivity index (χ2v) is 5.09. The maximum atomic E-state index is 12.2. The van der Waals surface area contributed by atoms with Crippen molar-refractivity contribution in [2.24, 2.45) is 0 Å². The van der Waals surface area contributed by atoms with Gasteiger partial charge in [0.2, 0.25) is 0 Å². The lowest BCUT2D eigenvalue weighted by Crippen LogP contribution is -2.51. The van der Waals surface area contributed by atoms with Crippen LogP contribution in [0.5, 0.6) is 0 Å². The Morgan fingerprint density at radius 3 is 2.59 bits per heavy atom. The number of rotatable bonds is 5. The first kappa shape index (κ1) is 14.3. The standard InChI is InChI=1S/C14H28N2O/c1-4-9-13-10-7-8-11-16(13)14(17)15-12(5-2)6-3/h12-13H,4-11H2,1-3H3,(H,15,17)/t13-/m1/s1. The SMILES string of the molecule is CCC[C@@H]1CCCCN1C(=O)NC(CC)CC. The molecular weight excluding hydrogens is 212 g/mol. The van der Waals surface area contributed by atoms with Gasteiger partial charge in [0.15, 0.2) is 0 Å². The number of carbonyl (C=O) groups excluding carboxylic acids is 1. The zero-order valence-corrected chi connectivity index (χ0v) is 11.7. The van der Waals surface area contributed by atoms with Crippen LogP contribution in [-0.4, -0.2) is 29.6 Å². The molecule has 0 spiro atoms. The van der Waals surface area contributed by atoms with Crippen molar-refractivity contribution in [2.45, 2.75) is 77.8 Å². The first-order valence-electron chi connectivity index (χ1n) is 7.30. The van der Waals surface area contributed by atoms with E-state index >= 15 is 0 Å². The molecule has 0 unspecified atom stereocenters. The summed E-state index contributed by atoms with van der Waals surface area (Å²) >= 11 is 0. The molecule has 17 heavy (non-hydrogen) atoms. The van der Waals surface area contributed by atoms with Gasteiger partial charge < -0.3 is 10.2 Å². The second kappa shape index (κ2) is 7.57. The molecular formula is C14H28N2O. The molecule has 3 nitrogen and oxygen atoms in total. The Balaban J connectivity index is 2.52. The van der Waals surface area contributed by atoms with Crippen molar-refractivity contribution in [1.82, 2.24) is 10.2 Å². The average Bonchev–Trinajstić information content (AvgIpc) is 2.36. The van der Waals surface area contributed by atoms with Crippen molar-refractivity contribution < 1.29 is 4.79 Å². The monoisotopic (exact) mass is 240 g/mol. The molecule has 0 aromatic rings. The second-order valence-electron chi connectivity index (χ2n) is 5.09. The predicted molar refractivity (Wildman–Crippen MR) is 72.2 cm³/mol. The van der Waals surface area contributed by atoms with Gasteiger partial charge in [-0.2, -0.15) is 0 Å². The fourth-order valence-corrected chi connectivity index (χ4v) is 2.65. The summed E-state index contributed by atoms with van der Waals surface area (Å²) in [6, 6.07) is 0.978. The van der Waals surface area contributed by atoms with Gasteiger partial charge in [-0.15, -0.1) is 0 Å². The molecule has 2 amide bonds. The van der Waals surface area contributed by atoms with Crippen molar-refractivity contribution in [3.8, 4) is 0 Å². The number of nitrogens with one attached hydrogen (secondary N) is 1. The summed E-state index contributed by atoms with van der Waals surface area (Å²) in [7, 11) is 0. The lowest BCUT2D eigenvalue weighted by atomic mass is 9.98. The van der Waals surface area contributed by atoms with Crippen LogP contribution in [0.3, 0.4) is 0 Å². The molecule has 1 fully saturated rings. The molecule has 100 valence electrons. The lowest BCUT2D eigenvalue weighted by molar-refractivity contribution is 0.142. The molecule has 1 atom stereocenters. The first-order valence-corrected chi connectivity index (χ1v) is 7.30. The van der Waals surface area contributed by atoms with Crippen molar-refractivity contribution in [3.05, 3.63) is 0 Å². The Bertz CT molecular complexity index is 224. The Hall–Kier alpha value is -0.730. The van der Waals surface area contributed by atoms with E-state index in [0.717, 1.165) is 32.2 Å². The minimum Gasteiger partial charge on any atom is -0.335 e. The van der Waals surface area contributed by atoms with E-state index in [1.165, 1.54) is 19.3 Å². The van der Waals surface area contributed by atoms with Crippen LogP contribution in [0, 0.1) is 0 Å². The number of piperidine rings is 1. The molecule has 0 aromatic heterocycles. The number of nitrogens with zero attached hydrogens (tertiary/aromatic N) is 1. The van der Waals surface area contributed by atoms with Crippen molar-refractivity contribution >= 4 is 6.03 Å². The van der Waals surface area contributed by atoms with Crippen LogP contribution < -0.4 is 5.32 Å². The van der Waals surface area contributed by atoms with Gasteiger partial charge in [-0.1, -0.05) is 27.2 Å². The van der Waals surface area contributed by atoms with Gasteiger partial charge in [0.1, 0.15) is 0 Å². The third kappa shape index (κ3) is 4.21. The van der Waals surface area contributed by atoms with Crippen LogP contribution in [-0.2, 0) is 0 Å². The normalized spacial score (nSPS) is 20.7. The minimum absolute atomic E-state index is 0.164. The molecule has 1 aliphatic heterocycles. The van der Waals surface area contributed by atoms with Gasteiger partial charge in [0.25, 0.3) is 0 Å². The van der Waals surface area contributed by atoms with Crippen LogP contribution in [0.15, 0.2) is 0 Å². The fourth-order valence-electron chi connectivity index (χ4n) is 2.65. The molecule has 0 aromatic carbocycles. The average molecular weight is 240 g/mol. The molecule has 1 heterocycles. The Labute approximate surface area is 106 Å². The van der Waals surface area contributed by atoms with Crippen LogP contribution in [0.4, 0.5) is 4.79 Å². The van der Waals surface area contributed by atoms with Crippen molar-refractivity contribution in [1.29, 1.82) is 0 Å². The predicted octanol–water partition coefficient (Wildman–Crippen LogP) is 3.54. The number of hydrogen-bond acceptors (Lipinski definition) is 1. The van der Waals surface area contributed by atoms with Crippen LogP contribution >= 0.6 is 0 Å². The fraction of sp³-hybridized carbons (Fsp3) is 0.929. The van der Waals surface area contributed by atoms with Gasteiger partial charge in [0.05, 0.1) is 0 Å². The quantitative estimate of drug-likeness (QED) is 0.783. The molecule has 1 aliphatic rings. The van der Waals surface area contributed by atoms with Crippen molar-refractivity contribution in [2.75, 3.05) is 6.54 Å². The van der Waals surface area contributed by atoms with E-state index in [4.69, 9.17) is 0 Å². The smallest absolute Gasteiger partial charge is 0.317 e. The topological polar surface area (TPSA) is 32.3 Å². The molecule has 1 saturated heterocycles. The van der Waals surface area contributed by atoms with Crippen LogP contribution in [0.2, 0.25) is 0 Å². The zero-order valence-electron chi connectivity index (χ0n) is 11.7. The highest BCUT2D eigenvalue weighted by Crippen LogP contribution is 2.21. The number of likely N-dealkylation sites (tertiary alicyclic amines) is 1.